The van der Waals surface area contributed by atoms with E-state index in [0.717, 1.165) is 46.2 Å². The van der Waals surface area contributed by atoms with Crippen molar-refractivity contribution < 1.29 is 67.9 Å². The molecule has 5 heterocycles. The lowest BCUT2D eigenvalue weighted by atomic mass is 10.1. The van der Waals surface area contributed by atoms with Gasteiger partial charge in [0.1, 0.15) is 42.1 Å². The highest BCUT2D eigenvalue weighted by Gasteiger charge is 2.32. The normalized spacial score (nSPS) is 15.6. The van der Waals surface area contributed by atoms with Crippen LogP contribution in [0.5, 0.6) is 23.0 Å². The van der Waals surface area contributed by atoms with E-state index >= 15 is 0 Å². The van der Waals surface area contributed by atoms with E-state index in [0.29, 0.717) is 54.7 Å². The molecule has 2 saturated heterocycles. The molecule has 2 aliphatic heterocycles. The summed E-state index contributed by atoms with van der Waals surface area (Å²) in [6, 6.07) is 25.7. The smallest absolute Gasteiger partial charge is 0.506 e. The molecule has 0 radical (unpaired) electrons. The number of anilines is 2. The summed E-state index contributed by atoms with van der Waals surface area (Å²) >= 11 is 2.03. The molecule has 21 nitrogen and oxygen atoms in total. The van der Waals surface area contributed by atoms with E-state index in [1.54, 1.807) is 48.3 Å². The molecule has 0 saturated carbocycles. The predicted octanol–water partition coefficient (Wildman–Crippen LogP) is 3.49. The van der Waals surface area contributed by atoms with Gasteiger partial charge in [0.15, 0.2) is 18.1 Å². The zero-order valence-electron chi connectivity index (χ0n) is 35.1. The molecule has 5 N–H and O–H groups in total. The molecule has 3 aromatic heterocycles. The zero-order chi connectivity index (χ0) is 47.9. The van der Waals surface area contributed by atoms with E-state index in [1.807, 2.05) is 48.3 Å². The molecule has 5 aromatic rings. The predicted molar refractivity (Wildman–Crippen MR) is 244 cm³/mol. The molecule has 7 rings (SSSR count). The fraction of sp³-hybridized carbons (Fsp3) is 0.244. The number of aromatic hydroxyl groups is 1. The number of carbonyl (C=O) groups is 4. The van der Waals surface area contributed by atoms with Gasteiger partial charge in [-0.3, -0.25) is 34.4 Å². The molecule has 2 fully saturated rings. The lowest BCUT2D eigenvalue weighted by molar-refractivity contribution is -0.519. The summed E-state index contributed by atoms with van der Waals surface area (Å²) in [6.07, 6.45) is 6.06. The maximum absolute atomic E-state index is 11.6. The van der Waals surface area contributed by atoms with Crippen molar-refractivity contribution in [3.8, 4) is 23.0 Å². The van der Waals surface area contributed by atoms with Gasteiger partial charge in [0.2, 0.25) is 11.8 Å². The summed E-state index contributed by atoms with van der Waals surface area (Å²) in [4.78, 5) is 57.6. The Labute approximate surface area is 388 Å². The van der Waals surface area contributed by atoms with Gasteiger partial charge in [-0.05, 0) is 72.5 Å². The summed E-state index contributed by atoms with van der Waals surface area (Å²) in [5, 5.41) is 12.5. The Balaban J connectivity index is 0.000000206. The number of rotatable bonds is 17. The number of imide groups is 2. The van der Waals surface area contributed by atoms with E-state index < -0.39 is 26.0 Å². The van der Waals surface area contributed by atoms with E-state index in [9.17, 15) is 41.1 Å². The summed E-state index contributed by atoms with van der Waals surface area (Å²) in [5.74, 6) is 2.27. The van der Waals surface area contributed by atoms with Crippen LogP contribution in [-0.2, 0) is 43.1 Å². The number of amides is 4. The van der Waals surface area contributed by atoms with E-state index in [4.69, 9.17) is 18.6 Å². The number of hydrogen-bond acceptors (Lipinski definition) is 18. The van der Waals surface area contributed by atoms with Crippen LogP contribution in [0.1, 0.15) is 11.1 Å². The Morgan fingerprint density at radius 3 is 1.42 bits per heavy atom. The number of likely N-dealkylation sites (N-methyl/N-ethyl adjacent to an activating group) is 2. The minimum atomic E-state index is -4.58. The average molecular weight is 987 g/mol. The molecule has 0 spiro atoms. The van der Waals surface area contributed by atoms with E-state index in [2.05, 4.69) is 24.8 Å². The van der Waals surface area contributed by atoms with Gasteiger partial charge >= 0.3 is 20.7 Å². The van der Waals surface area contributed by atoms with Crippen LogP contribution in [0.2, 0.25) is 0 Å². The lowest BCUT2D eigenvalue weighted by Crippen LogP contribution is -2.40. The maximum Gasteiger partial charge on any atom is 0.511 e. The Hall–Kier alpha value is -6.51. The Morgan fingerprint density at radius 2 is 1.08 bits per heavy atom. The first kappa shape index (κ1) is 50.5. The van der Waals surface area contributed by atoms with Crippen molar-refractivity contribution >= 4 is 78.2 Å². The summed E-state index contributed by atoms with van der Waals surface area (Å²) in [5.41, 5.74) is 1.91. The van der Waals surface area contributed by atoms with Gasteiger partial charge in [-0.15, -0.1) is 8.42 Å². The number of thioether (sulfide) groups is 2. The standard InChI is InChI=1S/C18H19N3O7S2.C18H19N3O4S.C5H5NO3S/c1-21(16-7-6-14(11-19-16)28-30(24,25)26)8-9-27-13-4-2-12(3-5-13)10-15-17(22)20-18(23)29-15;1-21(16-7-4-13(22)11-19-16)8-9-25-14-5-2-12(3-6-14)10-15-17(23)20-18(24)26-15;7-10(8,9)6-4-2-1-3-5-6/h2-7,11,15H,8-10H2,1H3,(H,20,22,23)(H,24,25,26);2-7,11,15,22H,8-10H2,1H3,(H,20,23,24);1-5H/p+1. The highest BCUT2D eigenvalue weighted by Crippen LogP contribution is 2.25. The minimum absolute atomic E-state index is 0.0937. The first-order valence-electron chi connectivity index (χ1n) is 19.4. The average Bonchev–Trinajstić information content (AvgIpc) is 3.77. The summed E-state index contributed by atoms with van der Waals surface area (Å²) in [7, 11) is -4.97. The number of carbonyl (C=O) groups excluding carboxylic acids is 4. The molecule has 350 valence electrons. The van der Waals surface area contributed by atoms with Crippen LogP contribution in [0.25, 0.3) is 0 Å². The third kappa shape index (κ3) is 16.8. The van der Waals surface area contributed by atoms with E-state index in [1.165, 1.54) is 43.0 Å². The summed E-state index contributed by atoms with van der Waals surface area (Å²) in [6.45, 7) is 2.00. The van der Waals surface area contributed by atoms with E-state index in [-0.39, 0.29) is 39.0 Å². The van der Waals surface area contributed by atoms with Gasteiger partial charge < -0.3 is 28.6 Å². The SMILES string of the molecule is CN(CCOc1ccc(CC2SC(=O)NC2=O)cc1)c1ccc(O)cn1.CN(CCOc1ccc(CC2SC(=O)NC2=O)cc1)c1ccc(OS(=O)(=O)O)cn1.O=S(=O)(O)[n+]1ccccc1. The third-order valence-electron chi connectivity index (χ3n) is 9.01. The van der Waals surface area contributed by atoms with Gasteiger partial charge in [-0.25, -0.2) is 14.5 Å². The Kier molecular flexibility index (Phi) is 18.1. The zero-order valence-corrected chi connectivity index (χ0v) is 38.3. The van der Waals surface area contributed by atoms with Gasteiger partial charge in [-0.2, -0.15) is 8.42 Å². The molecule has 0 aliphatic carbocycles. The van der Waals surface area contributed by atoms with Gasteiger partial charge in [0, 0.05) is 26.2 Å². The first-order chi connectivity index (χ1) is 31.3. The van der Waals surface area contributed by atoms with Crippen LogP contribution < -0.4 is 38.1 Å². The van der Waals surface area contributed by atoms with Crippen molar-refractivity contribution in [2.24, 2.45) is 0 Å². The number of benzene rings is 2. The second kappa shape index (κ2) is 23.6. The molecule has 25 heteroatoms. The molecular formula is C41H44N7O14S4+. The molecule has 0 bridgehead atoms. The molecule has 2 aromatic carbocycles. The highest BCUT2D eigenvalue weighted by molar-refractivity contribution is 8.15. The largest absolute Gasteiger partial charge is 0.511 e. The van der Waals surface area contributed by atoms with Crippen LogP contribution in [0.4, 0.5) is 21.2 Å². The second-order valence-electron chi connectivity index (χ2n) is 13.9. The Bertz CT molecular complexity index is 2650. The third-order valence-corrected chi connectivity index (χ3v) is 12.1. The fourth-order valence-electron chi connectivity index (χ4n) is 5.67. The van der Waals surface area contributed by atoms with Crippen LogP contribution in [0, 0.1) is 0 Å². The lowest BCUT2D eigenvalue weighted by Gasteiger charge is -2.18. The fourth-order valence-corrected chi connectivity index (χ4v) is 8.18. The number of pyridine rings is 3. The van der Waals surface area contributed by atoms with Crippen molar-refractivity contribution in [2.45, 2.75) is 23.3 Å². The van der Waals surface area contributed by atoms with Gasteiger partial charge in [0.25, 0.3) is 10.5 Å². The minimum Gasteiger partial charge on any atom is -0.506 e. The van der Waals surface area contributed by atoms with Crippen LogP contribution in [0.15, 0.2) is 116 Å². The van der Waals surface area contributed by atoms with Gasteiger partial charge in [-0.1, -0.05) is 57.8 Å². The highest BCUT2D eigenvalue weighted by atomic mass is 32.3. The molecule has 4 amide bonds. The number of ether oxygens (including phenoxy) is 2. The topological polar surface area (TPSA) is 285 Å². The first-order valence-corrected chi connectivity index (χ1v) is 23.9. The quantitative estimate of drug-likeness (QED) is 0.0658. The molecular weight excluding hydrogens is 943 g/mol. The van der Waals surface area contributed by atoms with Crippen LogP contribution in [0.3, 0.4) is 0 Å². The number of aromatic nitrogens is 3. The number of nitrogens with zero attached hydrogens (tertiary/aromatic N) is 5. The molecule has 2 aliphatic rings. The van der Waals surface area contributed by atoms with Crippen molar-refractivity contribution in [1.82, 2.24) is 20.6 Å². The molecule has 2 atom stereocenters. The number of nitrogens with one attached hydrogen (secondary N) is 2. The van der Waals surface area contributed by atoms with Crippen molar-refractivity contribution in [2.75, 3.05) is 50.2 Å². The van der Waals surface area contributed by atoms with Crippen molar-refractivity contribution in [3.05, 3.63) is 127 Å². The monoisotopic (exact) mass is 986 g/mol. The Morgan fingerprint density at radius 1 is 0.636 bits per heavy atom. The maximum atomic E-state index is 11.6. The molecule has 66 heavy (non-hydrogen) atoms. The second-order valence-corrected chi connectivity index (χ2v) is 18.6. The molecule has 2 unspecified atom stereocenters. The van der Waals surface area contributed by atoms with Crippen LogP contribution in [-0.4, -0.2) is 114 Å². The summed E-state index contributed by atoms with van der Waals surface area (Å²) < 4.78 is 75.6. The number of hydrogen-bond donors (Lipinski definition) is 5. The van der Waals surface area contributed by atoms with Crippen molar-refractivity contribution in [3.63, 3.8) is 0 Å². The van der Waals surface area contributed by atoms with Crippen molar-refractivity contribution in [1.29, 1.82) is 0 Å². The van der Waals surface area contributed by atoms with Crippen LogP contribution >= 0.6 is 23.5 Å². The van der Waals surface area contributed by atoms with Gasteiger partial charge in [0.05, 0.1) is 36.0 Å².